The SMILES string of the molecule is Cc1cc(C(=O)OCc2ccccc2OCc2ccccc2)c2c(c1)C(C)CCN2. The maximum atomic E-state index is 12.9. The van der Waals surface area contributed by atoms with Crippen molar-refractivity contribution in [3.63, 3.8) is 0 Å². The van der Waals surface area contributed by atoms with Crippen molar-refractivity contribution in [2.75, 3.05) is 11.9 Å². The van der Waals surface area contributed by atoms with Gasteiger partial charge in [0.1, 0.15) is 19.0 Å². The minimum atomic E-state index is -0.311. The molecule has 4 heteroatoms. The molecule has 0 saturated carbocycles. The number of carbonyl (C=O) groups excluding carboxylic acids is 1. The molecule has 4 rings (SSSR count). The zero-order valence-corrected chi connectivity index (χ0v) is 17.5. The molecular formula is C26H27NO3. The summed E-state index contributed by atoms with van der Waals surface area (Å²) >= 11 is 0. The lowest BCUT2D eigenvalue weighted by atomic mass is 9.89. The topological polar surface area (TPSA) is 47.6 Å². The predicted molar refractivity (Wildman–Crippen MR) is 119 cm³/mol. The van der Waals surface area contributed by atoms with Crippen LogP contribution < -0.4 is 10.1 Å². The van der Waals surface area contributed by atoms with E-state index in [-0.39, 0.29) is 12.6 Å². The highest BCUT2D eigenvalue weighted by Gasteiger charge is 2.23. The van der Waals surface area contributed by atoms with E-state index in [1.54, 1.807) is 0 Å². The largest absolute Gasteiger partial charge is 0.488 e. The number of anilines is 1. The van der Waals surface area contributed by atoms with Crippen molar-refractivity contribution < 1.29 is 14.3 Å². The summed E-state index contributed by atoms with van der Waals surface area (Å²) in [4.78, 5) is 12.9. The quantitative estimate of drug-likeness (QED) is 0.526. The molecule has 3 aromatic rings. The van der Waals surface area contributed by atoms with Gasteiger partial charge in [0.25, 0.3) is 0 Å². The first-order valence-electron chi connectivity index (χ1n) is 10.4. The smallest absolute Gasteiger partial charge is 0.340 e. The molecule has 0 aliphatic carbocycles. The normalized spacial score (nSPS) is 15.1. The third-order valence-corrected chi connectivity index (χ3v) is 5.51. The standard InChI is InChI=1S/C26H27NO3/c1-18-14-22-19(2)12-13-27-25(22)23(15-18)26(28)30-17-21-10-6-7-11-24(21)29-16-20-8-4-3-5-9-20/h3-11,14-15,19,27H,12-13,16-17H2,1-2H3. The second-order valence-electron chi connectivity index (χ2n) is 7.85. The lowest BCUT2D eigenvalue weighted by Gasteiger charge is -2.26. The van der Waals surface area contributed by atoms with Crippen molar-refractivity contribution in [1.29, 1.82) is 0 Å². The summed E-state index contributed by atoms with van der Waals surface area (Å²) in [5.74, 6) is 0.849. The number of hydrogen-bond acceptors (Lipinski definition) is 4. The second kappa shape index (κ2) is 9.04. The highest BCUT2D eigenvalue weighted by molar-refractivity contribution is 5.97. The zero-order chi connectivity index (χ0) is 20.9. The van der Waals surface area contributed by atoms with Gasteiger partial charge in [0, 0.05) is 12.1 Å². The molecule has 0 amide bonds. The van der Waals surface area contributed by atoms with Crippen LogP contribution in [0.1, 0.15) is 51.9 Å². The molecule has 1 heterocycles. The summed E-state index contributed by atoms with van der Waals surface area (Å²) in [6.45, 7) is 5.73. The number of para-hydroxylation sites is 1. The molecule has 1 unspecified atom stereocenters. The number of rotatable bonds is 6. The molecule has 154 valence electrons. The van der Waals surface area contributed by atoms with Gasteiger partial charge in [0.2, 0.25) is 0 Å². The van der Waals surface area contributed by atoms with Crippen molar-refractivity contribution in [3.05, 3.63) is 94.5 Å². The molecule has 1 N–H and O–H groups in total. The molecule has 3 aromatic carbocycles. The highest BCUT2D eigenvalue weighted by Crippen LogP contribution is 2.35. The Balaban J connectivity index is 1.47. The molecule has 0 bridgehead atoms. The van der Waals surface area contributed by atoms with Crippen molar-refractivity contribution in [2.24, 2.45) is 0 Å². The highest BCUT2D eigenvalue weighted by atomic mass is 16.5. The van der Waals surface area contributed by atoms with Crippen LogP contribution in [0.15, 0.2) is 66.7 Å². The zero-order valence-electron chi connectivity index (χ0n) is 17.5. The van der Waals surface area contributed by atoms with E-state index in [0.29, 0.717) is 18.1 Å². The number of carbonyl (C=O) groups is 1. The predicted octanol–water partition coefficient (Wildman–Crippen LogP) is 5.85. The first-order chi connectivity index (χ1) is 14.6. The Morgan fingerprint density at radius 3 is 2.63 bits per heavy atom. The molecular weight excluding hydrogens is 374 g/mol. The Bertz CT molecular complexity index is 1030. The van der Waals surface area contributed by atoms with Crippen LogP contribution in [-0.4, -0.2) is 12.5 Å². The molecule has 1 aliphatic rings. The van der Waals surface area contributed by atoms with Gasteiger partial charge in [-0.3, -0.25) is 0 Å². The first kappa shape index (κ1) is 20.0. The summed E-state index contributed by atoms with van der Waals surface area (Å²) in [5.41, 5.74) is 5.74. The van der Waals surface area contributed by atoms with E-state index in [9.17, 15) is 4.79 Å². The Kier molecular flexibility index (Phi) is 6.03. The Labute approximate surface area is 177 Å². The summed E-state index contributed by atoms with van der Waals surface area (Å²) in [6, 6.07) is 21.8. The molecule has 1 aliphatic heterocycles. The summed E-state index contributed by atoms with van der Waals surface area (Å²) in [7, 11) is 0. The third kappa shape index (κ3) is 4.48. The van der Waals surface area contributed by atoms with E-state index >= 15 is 0 Å². The van der Waals surface area contributed by atoms with Crippen molar-refractivity contribution >= 4 is 11.7 Å². The number of aryl methyl sites for hydroxylation is 1. The number of fused-ring (bicyclic) bond motifs is 1. The molecule has 0 fully saturated rings. The van der Waals surface area contributed by atoms with Crippen LogP contribution in [-0.2, 0) is 18.0 Å². The average molecular weight is 402 g/mol. The molecule has 30 heavy (non-hydrogen) atoms. The van der Waals surface area contributed by atoms with Gasteiger partial charge >= 0.3 is 5.97 Å². The van der Waals surface area contributed by atoms with E-state index in [0.717, 1.165) is 41.1 Å². The van der Waals surface area contributed by atoms with E-state index < -0.39 is 0 Å². The van der Waals surface area contributed by atoms with Crippen LogP contribution in [0.25, 0.3) is 0 Å². The van der Waals surface area contributed by atoms with Crippen LogP contribution in [0.3, 0.4) is 0 Å². The second-order valence-corrected chi connectivity index (χ2v) is 7.85. The van der Waals surface area contributed by atoms with Gasteiger partial charge in [-0.1, -0.05) is 61.5 Å². The lowest BCUT2D eigenvalue weighted by molar-refractivity contribution is 0.0470. The lowest BCUT2D eigenvalue weighted by Crippen LogP contribution is -2.19. The number of nitrogens with one attached hydrogen (secondary N) is 1. The van der Waals surface area contributed by atoms with E-state index in [4.69, 9.17) is 9.47 Å². The van der Waals surface area contributed by atoms with Gasteiger partial charge in [0.15, 0.2) is 0 Å². The maximum absolute atomic E-state index is 12.9. The number of esters is 1. The Hall–Kier alpha value is -3.27. The Morgan fingerprint density at radius 1 is 1.03 bits per heavy atom. The molecule has 0 aromatic heterocycles. The van der Waals surface area contributed by atoms with Crippen LogP contribution >= 0.6 is 0 Å². The van der Waals surface area contributed by atoms with Crippen LogP contribution in [0.2, 0.25) is 0 Å². The van der Waals surface area contributed by atoms with Crippen molar-refractivity contribution in [1.82, 2.24) is 0 Å². The van der Waals surface area contributed by atoms with Gasteiger partial charge in [-0.2, -0.15) is 0 Å². The fourth-order valence-corrected chi connectivity index (χ4v) is 3.85. The fraction of sp³-hybridized carbons (Fsp3) is 0.269. The van der Waals surface area contributed by atoms with Gasteiger partial charge in [-0.25, -0.2) is 4.79 Å². The maximum Gasteiger partial charge on any atom is 0.340 e. The minimum absolute atomic E-state index is 0.169. The number of ether oxygens (including phenoxy) is 2. The molecule has 4 nitrogen and oxygen atoms in total. The van der Waals surface area contributed by atoms with E-state index in [1.807, 2.05) is 67.6 Å². The average Bonchev–Trinajstić information content (AvgIpc) is 2.77. The van der Waals surface area contributed by atoms with E-state index in [2.05, 4.69) is 18.3 Å². The first-order valence-corrected chi connectivity index (χ1v) is 10.4. The van der Waals surface area contributed by atoms with E-state index in [1.165, 1.54) is 5.56 Å². The number of hydrogen-bond donors (Lipinski definition) is 1. The van der Waals surface area contributed by atoms with Gasteiger partial charge in [-0.05, 0) is 48.1 Å². The summed E-state index contributed by atoms with van der Waals surface area (Å²) < 4.78 is 11.7. The minimum Gasteiger partial charge on any atom is -0.488 e. The molecule has 0 saturated heterocycles. The van der Waals surface area contributed by atoms with Crippen LogP contribution in [0.4, 0.5) is 5.69 Å². The van der Waals surface area contributed by atoms with Crippen molar-refractivity contribution in [3.8, 4) is 5.75 Å². The molecule has 1 atom stereocenters. The monoisotopic (exact) mass is 401 g/mol. The Morgan fingerprint density at radius 2 is 1.80 bits per heavy atom. The third-order valence-electron chi connectivity index (χ3n) is 5.51. The molecule has 0 spiro atoms. The summed E-state index contributed by atoms with van der Waals surface area (Å²) in [5, 5.41) is 3.39. The molecule has 0 radical (unpaired) electrons. The van der Waals surface area contributed by atoms with Gasteiger partial charge in [0.05, 0.1) is 11.3 Å². The number of benzene rings is 3. The summed E-state index contributed by atoms with van der Waals surface area (Å²) in [6.07, 6.45) is 1.07. The van der Waals surface area contributed by atoms with Crippen molar-refractivity contribution in [2.45, 2.75) is 39.4 Å². The van der Waals surface area contributed by atoms with Gasteiger partial charge in [-0.15, -0.1) is 0 Å². The van der Waals surface area contributed by atoms with Gasteiger partial charge < -0.3 is 14.8 Å². The fourth-order valence-electron chi connectivity index (χ4n) is 3.85. The van der Waals surface area contributed by atoms with Crippen LogP contribution in [0.5, 0.6) is 5.75 Å². The van der Waals surface area contributed by atoms with Crippen LogP contribution in [0, 0.1) is 6.92 Å².